The van der Waals surface area contributed by atoms with Crippen molar-refractivity contribution >= 4 is 10.0 Å². The van der Waals surface area contributed by atoms with Crippen molar-refractivity contribution < 1.29 is 12.8 Å². The third kappa shape index (κ3) is 4.70. The summed E-state index contributed by atoms with van der Waals surface area (Å²) in [6.07, 6.45) is 1.02. The highest BCUT2D eigenvalue weighted by atomic mass is 32.2. The Balaban J connectivity index is 1.96. The van der Waals surface area contributed by atoms with Gasteiger partial charge in [0.05, 0.1) is 6.54 Å². The lowest BCUT2D eigenvalue weighted by atomic mass is 10.2. The fourth-order valence-corrected chi connectivity index (χ4v) is 2.79. The van der Waals surface area contributed by atoms with Crippen molar-refractivity contribution in [1.29, 1.82) is 0 Å². The minimum absolute atomic E-state index is 0.0493. The van der Waals surface area contributed by atoms with Gasteiger partial charge in [-0.15, -0.1) is 0 Å². The predicted molar refractivity (Wildman–Crippen MR) is 81.2 cm³/mol. The lowest BCUT2D eigenvalue weighted by Gasteiger charge is -2.04. The maximum absolute atomic E-state index is 12.1. The van der Waals surface area contributed by atoms with Crippen molar-refractivity contribution in [3.8, 4) is 0 Å². The van der Waals surface area contributed by atoms with Gasteiger partial charge in [0, 0.05) is 6.54 Å². The van der Waals surface area contributed by atoms with E-state index in [4.69, 9.17) is 4.42 Å². The van der Waals surface area contributed by atoms with E-state index in [0.29, 0.717) is 12.3 Å². The van der Waals surface area contributed by atoms with Gasteiger partial charge in [-0.05, 0) is 30.7 Å². The first kappa shape index (κ1) is 15.8. The van der Waals surface area contributed by atoms with Crippen LogP contribution in [-0.2, 0) is 23.1 Å². The van der Waals surface area contributed by atoms with E-state index in [2.05, 4.69) is 17.0 Å². The molecule has 0 aliphatic rings. The molecule has 114 valence electrons. The van der Waals surface area contributed by atoms with Crippen LogP contribution in [0.1, 0.15) is 24.7 Å². The summed E-state index contributed by atoms with van der Waals surface area (Å²) in [4.78, 5) is 0. The molecule has 2 N–H and O–H groups in total. The third-order valence-corrected chi connectivity index (χ3v) is 4.21. The first-order valence-electron chi connectivity index (χ1n) is 6.95. The second kappa shape index (κ2) is 7.40. The molecule has 1 heterocycles. The summed E-state index contributed by atoms with van der Waals surface area (Å²) in [5, 5.41) is 3.12. The first-order valence-corrected chi connectivity index (χ1v) is 8.43. The highest BCUT2D eigenvalue weighted by molar-refractivity contribution is 7.89. The Labute approximate surface area is 125 Å². The van der Waals surface area contributed by atoms with Crippen LogP contribution < -0.4 is 10.0 Å². The molecule has 21 heavy (non-hydrogen) atoms. The molecule has 0 aliphatic carbocycles. The first-order chi connectivity index (χ1) is 10.1. The molecule has 0 unspecified atom stereocenters. The zero-order valence-corrected chi connectivity index (χ0v) is 12.8. The molecule has 2 rings (SSSR count). The molecule has 1 aromatic carbocycles. The van der Waals surface area contributed by atoms with E-state index >= 15 is 0 Å². The minimum atomic E-state index is -3.61. The fourth-order valence-electron chi connectivity index (χ4n) is 1.83. The van der Waals surface area contributed by atoms with Crippen molar-refractivity contribution in [2.75, 3.05) is 6.54 Å². The predicted octanol–water partition coefficient (Wildman–Crippen LogP) is 2.26. The van der Waals surface area contributed by atoms with E-state index in [9.17, 15) is 8.42 Å². The van der Waals surface area contributed by atoms with Crippen molar-refractivity contribution in [2.45, 2.75) is 31.5 Å². The van der Waals surface area contributed by atoms with Crippen LogP contribution in [0.2, 0.25) is 0 Å². The van der Waals surface area contributed by atoms with Crippen LogP contribution in [0.5, 0.6) is 0 Å². The van der Waals surface area contributed by atoms with Crippen molar-refractivity contribution in [3.63, 3.8) is 0 Å². The highest BCUT2D eigenvalue weighted by Gasteiger charge is 2.18. The average molecular weight is 308 g/mol. The maximum Gasteiger partial charge on any atom is 0.274 e. The van der Waals surface area contributed by atoms with Gasteiger partial charge in [-0.25, -0.2) is 13.1 Å². The van der Waals surface area contributed by atoms with Gasteiger partial charge < -0.3 is 9.73 Å². The summed E-state index contributed by atoms with van der Waals surface area (Å²) < 4.78 is 32.1. The highest BCUT2D eigenvalue weighted by Crippen LogP contribution is 2.14. The zero-order valence-electron chi connectivity index (χ0n) is 12.0. The van der Waals surface area contributed by atoms with Crippen molar-refractivity contribution in [1.82, 2.24) is 10.0 Å². The van der Waals surface area contributed by atoms with Gasteiger partial charge in [0.1, 0.15) is 5.76 Å². The number of benzene rings is 1. The molecule has 0 spiro atoms. The largest absolute Gasteiger partial charge is 0.447 e. The molecule has 0 fully saturated rings. The Hall–Kier alpha value is -1.63. The molecule has 0 saturated heterocycles. The van der Waals surface area contributed by atoms with Crippen LogP contribution in [-0.4, -0.2) is 15.0 Å². The smallest absolute Gasteiger partial charge is 0.274 e. The van der Waals surface area contributed by atoms with Gasteiger partial charge in [0.15, 0.2) is 0 Å². The number of sulfonamides is 1. The molecule has 0 atom stereocenters. The van der Waals surface area contributed by atoms with Crippen molar-refractivity contribution in [2.24, 2.45) is 0 Å². The molecule has 5 nitrogen and oxygen atoms in total. The van der Waals surface area contributed by atoms with Crippen LogP contribution in [0.4, 0.5) is 0 Å². The molecule has 0 aliphatic heterocycles. The molecular weight excluding hydrogens is 288 g/mol. The molecule has 0 amide bonds. The number of furan rings is 1. The van der Waals surface area contributed by atoms with Crippen molar-refractivity contribution in [3.05, 3.63) is 53.8 Å². The monoisotopic (exact) mass is 308 g/mol. The SMILES string of the molecule is CCCNCc1ccc(S(=O)(=O)NCc2ccccc2)o1. The quantitative estimate of drug-likeness (QED) is 0.734. The van der Waals surface area contributed by atoms with Crippen LogP contribution >= 0.6 is 0 Å². The van der Waals surface area contributed by atoms with E-state index in [1.165, 1.54) is 6.07 Å². The molecule has 6 heteroatoms. The summed E-state index contributed by atoms with van der Waals surface area (Å²) in [5.41, 5.74) is 0.900. The fraction of sp³-hybridized carbons (Fsp3) is 0.333. The van der Waals surface area contributed by atoms with Gasteiger partial charge in [-0.3, -0.25) is 0 Å². The normalized spacial score (nSPS) is 11.7. The van der Waals surface area contributed by atoms with Gasteiger partial charge in [-0.1, -0.05) is 37.3 Å². The van der Waals surface area contributed by atoms with E-state index in [-0.39, 0.29) is 11.6 Å². The second-order valence-electron chi connectivity index (χ2n) is 4.71. The molecule has 0 bridgehead atoms. The summed E-state index contributed by atoms with van der Waals surface area (Å²) in [7, 11) is -3.61. The lowest BCUT2D eigenvalue weighted by Crippen LogP contribution is -2.22. The van der Waals surface area contributed by atoms with Crippen LogP contribution in [0.25, 0.3) is 0 Å². The number of rotatable bonds is 8. The zero-order chi connectivity index (χ0) is 15.1. The van der Waals surface area contributed by atoms with Gasteiger partial charge >= 0.3 is 0 Å². The van der Waals surface area contributed by atoms with E-state index in [0.717, 1.165) is 18.5 Å². The van der Waals surface area contributed by atoms with Gasteiger partial charge in [-0.2, -0.15) is 0 Å². The van der Waals surface area contributed by atoms with E-state index < -0.39 is 10.0 Å². The average Bonchev–Trinajstić information content (AvgIpc) is 2.96. The van der Waals surface area contributed by atoms with Gasteiger partial charge in [0.25, 0.3) is 10.0 Å². The molecule has 1 aromatic heterocycles. The molecular formula is C15H20N2O3S. The second-order valence-corrected chi connectivity index (χ2v) is 6.41. The number of hydrogen-bond acceptors (Lipinski definition) is 4. The Morgan fingerprint density at radius 2 is 1.81 bits per heavy atom. The van der Waals surface area contributed by atoms with E-state index in [1.807, 2.05) is 30.3 Å². The summed E-state index contributed by atoms with van der Waals surface area (Å²) in [6, 6.07) is 12.5. The summed E-state index contributed by atoms with van der Waals surface area (Å²) in [6.45, 7) is 3.71. The van der Waals surface area contributed by atoms with Crippen LogP contribution in [0.15, 0.2) is 52.0 Å². The third-order valence-electron chi connectivity index (χ3n) is 2.94. The lowest BCUT2D eigenvalue weighted by molar-refractivity contribution is 0.400. The summed E-state index contributed by atoms with van der Waals surface area (Å²) in [5.74, 6) is 0.614. The Morgan fingerprint density at radius 1 is 1.05 bits per heavy atom. The van der Waals surface area contributed by atoms with E-state index in [1.54, 1.807) is 6.07 Å². The summed E-state index contributed by atoms with van der Waals surface area (Å²) >= 11 is 0. The Morgan fingerprint density at radius 3 is 2.52 bits per heavy atom. The molecule has 0 radical (unpaired) electrons. The van der Waals surface area contributed by atoms with Crippen LogP contribution in [0, 0.1) is 0 Å². The van der Waals surface area contributed by atoms with Crippen LogP contribution in [0.3, 0.4) is 0 Å². The minimum Gasteiger partial charge on any atom is -0.447 e. The topological polar surface area (TPSA) is 71.3 Å². The number of nitrogens with one attached hydrogen (secondary N) is 2. The number of hydrogen-bond donors (Lipinski definition) is 2. The molecule has 0 saturated carbocycles. The Kier molecular flexibility index (Phi) is 5.55. The van der Waals surface area contributed by atoms with Gasteiger partial charge in [0.2, 0.25) is 5.09 Å². The molecule has 2 aromatic rings. The Bertz CT molecular complexity index is 651. The maximum atomic E-state index is 12.1. The standard InChI is InChI=1S/C15H20N2O3S/c1-2-10-16-12-14-8-9-15(20-14)21(18,19)17-11-13-6-4-3-5-7-13/h3-9,16-17H,2,10-12H2,1H3.